The molecule has 1 N–H and O–H groups in total. The van der Waals surface area contributed by atoms with Crippen molar-refractivity contribution < 1.29 is 0 Å². The Bertz CT molecular complexity index is 188. The average Bonchev–Trinajstić information content (AvgIpc) is 2.63. The topological polar surface area (TPSA) is 24.4 Å². The minimum atomic E-state index is 0.748. The number of hydrogen-bond donors (Lipinski definition) is 1. The molecule has 62 valence electrons. The van der Waals surface area contributed by atoms with Gasteiger partial charge < -0.3 is 5.32 Å². The maximum atomic E-state index is 4.22. The fourth-order valence-corrected chi connectivity index (χ4v) is 2.44. The first-order valence-corrected chi connectivity index (χ1v) is 4.46. The van der Waals surface area contributed by atoms with Crippen molar-refractivity contribution in [3.63, 3.8) is 0 Å². The van der Waals surface area contributed by atoms with Gasteiger partial charge in [0, 0.05) is 19.5 Å². The molecule has 2 aliphatic rings. The Hall–Kier alpha value is -0.530. The fourth-order valence-electron chi connectivity index (χ4n) is 2.44. The molecule has 11 heavy (non-hydrogen) atoms. The van der Waals surface area contributed by atoms with Crippen LogP contribution in [0.2, 0.25) is 0 Å². The molecule has 2 nitrogen and oxygen atoms in total. The number of nitrogens with zero attached hydrogens (tertiary/aromatic N) is 1. The number of fused-ring (bicyclic) bond motifs is 1. The van der Waals surface area contributed by atoms with Gasteiger partial charge in [-0.1, -0.05) is 13.8 Å². The van der Waals surface area contributed by atoms with Gasteiger partial charge in [0.25, 0.3) is 0 Å². The van der Waals surface area contributed by atoms with Crippen LogP contribution >= 0.6 is 0 Å². The number of piperidine rings is 1. The first-order valence-electron chi connectivity index (χ1n) is 4.46. The van der Waals surface area contributed by atoms with Gasteiger partial charge in [-0.05, 0) is 17.8 Å². The molecule has 1 saturated heterocycles. The van der Waals surface area contributed by atoms with Crippen LogP contribution in [0.15, 0.2) is 4.99 Å². The highest BCUT2D eigenvalue weighted by atomic mass is 15.1. The minimum Gasteiger partial charge on any atom is -0.371 e. The van der Waals surface area contributed by atoms with Crippen LogP contribution in [-0.2, 0) is 0 Å². The van der Waals surface area contributed by atoms with Crippen LogP contribution in [0.5, 0.6) is 0 Å². The molecule has 2 rings (SSSR count). The van der Waals surface area contributed by atoms with Gasteiger partial charge >= 0.3 is 0 Å². The van der Waals surface area contributed by atoms with E-state index < -0.39 is 0 Å². The van der Waals surface area contributed by atoms with E-state index in [9.17, 15) is 0 Å². The lowest BCUT2D eigenvalue weighted by Gasteiger charge is -2.20. The summed E-state index contributed by atoms with van der Waals surface area (Å²) >= 11 is 0. The third kappa shape index (κ3) is 0.959. The number of aliphatic imine (C=N–C) groups is 1. The van der Waals surface area contributed by atoms with E-state index >= 15 is 0 Å². The third-order valence-corrected chi connectivity index (χ3v) is 3.22. The van der Waals surface area contributed by atoms with Gasteiger partial charge in [-0.25, -0.2) is 0 Å². The zero-order chi connectivity index (χ0) is 8.01. The summed E-state index contributed by atoms with van der Waals surface area (Å²) in [5.41, 5.74) is 0. The summed E-state index contributed by atoms with van der Waals surface area (Å²) in [7, 11) is 1.88. The molecule has 1 heterocycles. The van der Waals surface area contributed by atoms with Crippen molar-refractivity contribution in [3.05, 3.63) is 0 Å². The molecule has 4 atom stereocenters. The van der Waals surface area contributed by atoms with Crippen molar-refractivity contribution in [1.29, 1.82) is 0 Å². The average molecular weight is 152 g/mol. The van der Waals surface area contributed by atoms with E-state index in [4.69, 9.17) is 0 Å². The van der Waals surface area contributed by atoms with Gasteiger partial charge in [0.2, 0.25) is 0 Å². The normalized spacial score (nSPS) is 51.7. The minimum absolute atomic E-state index is 0.748. The molecule has 4 unspecified atom stereocenters. The molecular weight excluding hydrogens is 136 g/mol. The quantitative estimate of drug-likeness (QED) is 0.555. The summed E-state index contributed by atoms with van der Waals surface area (Å²) in [5.74, 6) is 3.86. The standard InChI is InChI=1S/C9H16N2/c1-5-4-7(10-3)11-9-6(2)8(5)9/h5-6,8-9H,4H2,1-3H3,(H,10,11). The lowest BCUT2D eigenvalue weighted by molar-refractivity contribution is 0.463. The van der Waals surface area contributed by atoms with Crippen LogP contribution in [0.4, 0.5) is 0 Å². The molecule has 2 heteroatoms. The van der Waals surface area contributed by atoms with Crippen molar-refractivity contribution in [2.24, 2.45) is 22.7 Å². The van der Waals surface area contributed by atoms with Crippen LogP contribution in [0, 0.1) is 17.8 Å². The molecule has 0 aromatic heterocycles. The number of amidine groups is 1. The van der Waals surface area contributed by atoms with Crippen LogP contribution in [-0.4, -0.2) is 18.9 Å². The SMILES string of the molecule is CN=C1CC(C)C2C(C)C2N1. The maximum absolute atomic E-state index is 4.22. The van der Waals surface area contributed by atoms with E-state index in [-0.39, 0.29) is 0 Å². The maximum Gasteiger partial charge on any atom is 0.0964 e. The van der Waals surface area contributed by atoms with Crippen molar-refractivity contribution in [2.75, 3.05) is 7.05 Å². The molecular formula is C9H16N2. The Balaban J connectivity index is 2.09. The molecule has 1 saturated carbocycles. The van der Waals surface area contributed by atoms with E-state index in [1.165, 1.54) is 5.84 Å². The summed E-state index contributed by atoms with van der Waals surface area (Å²) in [6, 6.07) is 0.748. The molecule has 1 aliphatic carbocycles. The van der Waals surface area contributed by atoms with Crippen molar-refractivity contribution in [1.82, 2.24) is 5.32 Å². The Morgan fingerprint density at radius 1 is 1.45 bits per heavy atom. The summed E-state index contributed by atoms with van der Waals surface area (Å²) in [6.07, 6.45) is 1.15. The van der Waals surface area contributed by atoms with Crippen molar-refractivity contribution >= 4 is 5.84 Å². The fraction of sp³-hybridized carbons (Fsp3) is 0.889. The van der Waals surface area contributed by atoms with Gasteiger partial charge in [-0.3, -0.25) is 4.99 Å². The Morgan fingerprint density at radius 2 is 2.18 bits per heavy atom. The third-order valence-electron chi connectivity index (χ3n) is 3.22. The zero-order valence-corrected chi connectivity index (χ0v) is 7.46. The largest absolute Gasteiger partial charge is 0.371 e. The highest BCUT2D eigenvalue weighted by molar-refractivity contribution is 5.84. The molecule has 0 radical (unpaired) electrons. The molecule has 2 fully saturated rings. The summed E-state index contributed by atoms with van der Waals surface area (Å²) in [4.78, 5) is 4.22. The van der Waals surface area contributed by atoms with Gasteiger partial charge in [0.15, 0.2) is 0 Å². The van der Waals surface area contributed by atoms with Crippen molar-refractivity contribution in [3.8, 4) is 0 Å². The molecule has 0 amide bonds. The van der Waals surface area contributed by atoms with Gasteiger partial charge in [0.05, 0.1) is 5.84 Å². The van der Waals surface area contributed by atoms with E-state index in [2.05, 4.69) is 24.2 Å². The summed E-state index contributed by atoms with van der Waals surface area (Å²) < 4.78 is 0. The molecule has 0 bridgehead atoms. The van der Waals surface area contributed by atoms with Crippen molar-refractivity contribution in [2.45, 2.75) is 26.3 Å². The van der Waals surface area contributed by atoms with E-state index in [0.29, 0.717) is 0 Å². The monoisotopic (exact) mass is 152 g/mol. The Labute approximate surface area is 68.1 Å². The smallest absolute Gasteiger partial charge is 0.0964 e. The molecule has 0 aromatic carbocycles. The lowest BCUT2D eigenvalue weighted by Crippen LogP contribution is -2.34. The number of rotatable bonds is 0. The van der Waals surface area contributed by atoms with Gasteiger partial charge in [0.1, 0.15) is 0 Å². The molecule has 1 aliphatic heterocycles. The number of hydrogen-bond acceptors (Lipinski definition) is 1. The van der Waals surface area contributed by atoms with Crippen LogP contribution < -0.4 is 5.32 Å². The van der Waals surface area contributed by atoms with Crippen LogP contribution in [0.25, 0.3) is 0 Å². The second-order valence-corrected chi connectivity index (χ2v) is 3.96. The van der Waals surface area contributed by atoms with E-state index in [1.807, 2.05) is 7.05 Å². The summed E-state index contributed by atoms with van der Waals surface area (Å²) in [6.45, 7) is 4.67. The Kier molecular flexibility index (Phi) is 1.44. The van der Waals surface area contributed by atoms with Gasteiger partial charge in [-0.15, -0.1) is 0 Å². The predicted molar refractivity (Wildman–Crippen MR) is 46.7 cm³/mol. The van der Waals surface area contributed by atoms with E-state index in [0.717, 1.165) is 30.2 Å². The van der Waals surface area contributed by atoms with E-state index in [1.54, 1.807) is 0 Å². The molecule has 0 aromatic rings. The number of nitrogens with one attached hydrogen (secondary N) is 1. The first-order chi connectivity index (χ1) is 5.24. The lowest BCUT2D eigenvalue weighted by atomic mass is 9.97. The highest BCUT2D eigenvalue weighted by Crippen LogP contribution is 2.47. The zero-order valence-electron chi connectivity index (χ0n) is 7.46. The summed E-state index contributed by atoms with van der Waals surface area (Å²) in [5, 5.41) is 3.47. The first kappa shape index (κ1) is 7.14. The predicted octanol–water partition coefficient (Wildman–Crippen LogP) is 1.28. The second-order valence-electron chi connectivity index (χ2n) is 3.96. The highest BCUT2D eigenvalue weighted by Gasteiger charge is 2.52. The second kappa shape index (κ2) is 2.23. The van der Waals surface area contributed by atoms with Crippen LogP contribution in [0.1, 0.15) is 20.3 Å². The van der Waals surface area contributed by atoms with Gasteiger partial charge in [-0.2, -0.15) is 0 Å². The Morgan fingerprint density at radius 3 is 2.73 bits per heavy atom. The van der Waals surface area contributed by atoms with Crippen LogP contribution in [0.3, 0.4) is 0 Å². The molecule has 0 spiro atoms.